The van der Waals surface area contributed by atoms with Gasteiger partial charge in [-0.15, -0.1) is 0 Å². The molecule has 0 atom stereocenters. The van der Waals surface area contributed by atoms with E-state index < -0.39 is 24.5 Å². The van der Waals surface area contributed by atoms with Crippen molar-refractivity contribution in [2.75, 3.05) is 25.1 Å². The maximum Gasteiger partial charge on any atom is 0.374 e. The summed E-state index contributed by atoms with van der Waals surface area (Å²) in [6, 6.07) is 12.7. The van der Waals surface area contributed by atoms with Gasteiger partial charge in [0.15, 0.2) is 18.1 Å². The summed E-state index contributed by atoms with van der Waals surface area (Å²) in [6.45, 7) is 0.240. The maximum absolute atomic E-state index is 12.0. The number of hydrogen-bond donors (Lipinski definition) is 2. The molecular formula is C20H16N2O7. The quantitative estimate of drug-likeness (QED) is 0.651. The van der Waals surface area contributed by atoms with Gasteiger partial charge in [0, 0.05) is 17.1 Å². The molecule has 0 saturated carbocycles. The molecule has 1 aliphatic rings. The Morgan fingerprint density at radius 2 is 1.76 bits per heavy atom. The highest BCUT2D eigenvalue weighted by Gasteiger charge is 2.17. The number of rotatable bonds is 4. The van der Waals surface area contributed by atoms with Crippen molar-refractivity contribution in [1.29, 1.82) is 0 Å². The molecule has 9 heteroatoms. The topological polar surface area (TPSA) is 116 Å². The summed E-state index contributed by atoms with van der Waals surface area (Å²) in [5.41, 5.74) is 0.946. The minimum Gasteiger partial charge on any atom is -0.486 e. The van der Waals surface area contributed by atoms with Crippen LogP contribution in [0.2, 0.25) is 0 Å². The minimum atomic E-state index is -0.802. The zero-order valence-electron chi connectivity index (χ0n) is 15.1. The van der Waals surface area contributed by atoms with Gasteiger partial charge in [-0.05, 0) is 24.3 Å². The lowest BCUT2D eigenvalue weighted by molar-refractivity contribution is -0.123. The summed E-state index contributed by atoms with van der Waals surface area (Å²) >= 11 is 0. The van der Waals surface area contributed by atoms with Crippen molar-refractivity contribution in [3.8, 4) is 11.5 Å². The number of carbonyl (C=O) groups excluding carboxylic acids is 3. The number of imide groups is 1. The van der Waals surface area contributed by atoms with Gasteiger partial charge in [0.2, 0.25) is 5.76 Å². The predicted molar refractivity (Wildman–Crippen MR) is 101 cm³/mol. The first-order valence-corrected chi connectivity index (χ1v) is 8.75. The molecular weight excluding hydrogens is 380 g/mol. The molecule has 0 unspecified atom stereocenters. The van der Waals surface area contributed by atoms with E-state index >= 15 is 0 Å². The highest BCUT2D eigenvalue weighted by molar-refractivity contribution is 6.02. The zero-order chi connectivity index (χ0) is 20.2. The fraction of sp³-hybridized carbons (Fsp3) is 0.150. The van der Waals surface area contributed by atoms with Gasteiger partial charge in [-0.3, -0.25) is 10.1 Å². The number of ether oxygens (including phenoxy) is 3. The Morgan fingerprint density at radius 3 is 2.59 bits per heavy atom. The molecule has 148 valence electrons. The van der Waals surface area contributed by atoms with E-state index in [-0.39, 0.29) is 5.76 Å². The van der Waals surface area contributed by atoms with Gasteiger partial charge in [0.25, 0.3) is 5.91 Å². The van der Waals surface area contributed by atoms with E-state index in [4.69, 9.17) is 18.6 Å². The lowest BCUT2D eigenvalue weighted by Gasteiger charge is -2.19. The molecule has 4 rings (SSSR count). The highest BCUT2D eigenvalue weighted by atomic mass is 16.6. The first-order chi connectivity index (χ1) is 14.1. The molecule has 0 saturated heterocycles. The van der Waals surface area contributed by atoms with E-state index in [1.54, 1.807) is 42.5 Å². The Kier molecular flexibility index (Phi) is 5.02. The third kappa shape index (κ3) is 4.29. The molecule has 3 amide bonds. The van der Waals surface area contributed by atoms with Crippen molar-refractivity contribution in [1.82, 2.24) is 5.32 Å². The fourth-order valence-corrected chi connectivity index (χ4v) is 2.73. The molecule has 0 radical (unpaired) electrons. The molecule has 0 bridgehead atoms. The second-order valence-electron chi connectivity index (χ2n) is 6.09. The van der Waals surface area contributed by atoms with E-state index in [2.05, 4.69) is 10.6 Å². The van der Waals surface area contributed by atoms with Gasteiger partial charge in [-0.25, -0.2) is 9.59 Å². The SMILES string of the molecule is O=C(COC(=O)c1cc2ccccc2o1)NC(=O)Nc1ccc2c(c1)OCCO2. The molecule has 0 spiro atoms. The van der Waals surface area contributed by atoms with Crippen LogP contribution in [0.3, 0.4) is 0 Å². The number of anilines is 1. The van der Waals surface area contributed by atoms with Crippen LogP contribution in [0.5, 0.6) is 11.5 Å². The average Bonchev–Trinajstić information content (AvgIpc) is 3.16. The van der Waals surface area contributed by atoms with Crippen molar-refractivity contribution in [2.24, 2.45) is 0 Å². The highest BCUT2D eigenvalue weighted by Crippen LogP contribution is 2.32. The molecule has 9 nitrogen and oxygen atoms in total. The smallest absolute Gasteiger partial charge is 0.374 e. The van der Waals surface area contributed by atoms with Crippen molar-refractivity contribution in [3.63, 3.8) is 0 Å². The number of amides is 3. The van der Waals surface area contributed by atoms with Crippen LogP contribution in [0.1, 0.15) is 10.6 Å². The summed E-state index contributed by atoms with van der Waals surface area (Å²) in [6.07, 6.45) is 0. The van der Waals surface area contributed by atoms with Crippen molar-refractivity contribution in [3.05, 3.63) is 54.3 Å². The van der Waals surface area contributed by atoms with E-state index in [1.807, 2.05) is 0 Å². The largest absolute Gasteiger partial charge is 0.486 e. The van der Waals surface area contributed by atoms with Gasteiger partial charge in [-0.1, -0.05) is 18.2 Å². The minimum absolute atomic E-state index is 0.0280. The molecule has 2 aromatic carbocycles. The van der Waals surface area contributed by atoms with Gasteiger partial charge >= 0.3 is 12.0 Å². The van der Waals surface area contributed by atoms with E-state index in [1.165, 1.54) is 6.07 Å². The number of para-hydroxylation sites is 1. The number of benzene rings is 2. The average molecular weight is 396 g/mol. The van der Waals surface area contributed by atoms with Crippen LogP contribution < -0.4 is 20.1 Å². The molecule has 29 heavy (non-hydrogen) atoms. The second kappa shape index (κ2) is 7.93. The summed E-state index contributed by atoms with van der Waals surface area (Å²) in [5, 5.41) is 5.31. The van der Waals surface area contributed by atoms with Crippen LogP contribution in [0.15, 0.2) is 52.9 Å². The Balaban J connectivity index is 1.28. The fourth-order valence-electron chi connectivity index (χ4n) is 2.73. The summed E-state index contributed by atoms with van der Waals surface area (Å²) in [5.74, 6) is -0.538. The van der Waals surface area contributed by atoms with Crippen molar-refractivity contribution < 1.29 is 33.0 Å². The number of hydrogen-bond acceptors (Lipinski definition) is 7. The van der Waals surface area contributed by atoms with Crippen LogP contribution in [-0.2, 0) is 9.53 Å². The number of furan rings is 1. The summed E-state index contributed by atoms with van der Waals surface area (Å²) in [7, 11) is 0. The Bertz CT molecular complexity index is 1060. The van der Waals surface area contributed by atoms with E-state index in [0.717, 1.165) is 5.39 Å². The normalized spacial score (nSPS) is 12.3. The number of nitrogens with one attached hydrogen (secondary N) is 2. The monoisotopic (exact) mass is 396 g/mol. The Morgan fingerprint density at radius 1 is 0.966 bits per heavy atom. The third-order valence-electron chi connectivity index (χ3n) is 4.01. The molecule has 0 fully saturated rings. The van der Waals surface area contributed by atoms with Crippen LogP contribution in [0.4, 0.5) is 10.5 Å². The summed E-state index contributed by atoms with van der Waals surface area (Å²) < 4.78 is 21.1. The van der Waals surface area contributed by atoms with Crippen LogP contribution in [0.25, 0.3) is 11.0 Å². The molecule has 1 aromatic heterocycles. The van der Waals surface area contributed by atoms with Gasteiger partial charge in [0.1, 0.15) is 18.8 Å². The predicted octanol–water partition coefficient (Wildman–Crippen LogP) is 2.71. The van der Waals surface area contributed by atoms with Gasteiger partial charge in [0.05, 0.1) is 0 Å². The molecule has 0 aliphatic carbocycles. The van der Waals surface area contributed by atoms with Gasteiger partial charge in [-0.2, -0.15) is 0 Å². The van der Waals surface area contributed by atoms with Crippen LogP contribution in [-0.4, -0.2) is 37.7 Å². The summed E-state index contributed by atoms with van der Waals surface area (Å²) in [4.78, 5) is 35.8. The Labute approximate surface area is 164 Å². The third-order valence-corrected chi connectivity index (χ3v) is 4.01. The number of esters is 1. The second-order valence-corrected chi connectivity index (χ2v) is 6.09. The maximum atomic E-state index is 12.0. The number of urea groups is 1. The van der Waals surface area contributed by atoms with Crippen molar-refractivity contribution in [2.45, 2.75) is 0 Å². The lowest BCUT2D eigenvalue weighted by atomic mass is 10.2. The standard InChI is InChI=1S/C20H16N2O7/c23-18(11-28-19(24)17-9-12-3-1-2-4-14(12)29-17)22-20(25)21-13-5-6-15-16(10-13)27-8-7-26-15/h1-6,9-10H,7-8,11H2,(H2,21,22,23,25). The van der Waals surface area contributed by atoms with Crippen molar-refractivity contribution >= 4 is 34.6 Å². The number of carbonyl (C=O) groups is 3. The molecule has 2 heterocycles. The van der Waals surface area contributed by atoms with Crippen LogP contribution >= 0.6 is 0 Å². The first-order valence-electron chi connectivity index (χ1n) is 8.75. The van der Waals surface area contributed by atoms with E-state index in [9.17, 15) is 14.4 Å². The van der Waals surface area contributed by atoms with E-state index in [0.29, 0.717) is 36.0 Å². The first kappa shape index (κ1) is 18.4. The zero-order valence-corrected chi connectivity index (χ0v) is 15.1. The van der Waals surface area contributed by atoms with Crippen LogP contribution in [0, 0.1) is 0 Å². The Hall–Kier alpha value is -4.01. The lowest BCUT2D eigenvalue weighted by Crippen LogP contribution is -2.37. The number of fused-ring (bicyclic) bond motifs is 2. The molecule has 1 aliphatic heterocycles. The molecule has 2 N–H and O–H groups in total. The molecule has 3 aromatic rings. The van der Waals surface area contributed by atoms with Gasteiger partial charge < -0.3 is 23.9 Å².